The molecule has 17 heavy (non-hydrogen) atoms. The van der Waals surface area contributed by atoms with E-state index >= 15 is 0 Å². The van der Waals surface area contributed by atoms with Crippen LogP contribution in [0.3, 0.4) is 0 Å². The SMILES string of the molecule is C[Si](C)CCOCn1cnc2ccnc(Cl)c21. The van der Waals surface area contributed by atoms with Crippen molar-refractivity contribution in [2.45, 2.75) is 25.9 Å². The van der Waals surface area contributed by atoms with E-state index in [0.717, 1.165) is 23.7 Å². The van der Waals surface area contributed by atoms with E-state index in [9.17, 15) is 0 Å². The Bertz CT molecular complexity index is 500. The van der Waals surface area contributed by atoms with Crippen LogP contribution in [0.25, 0.3) is 11.0 Å². The van der Waals surface area contributed by atoms with Crippen molar-refractivity contribution < 1.29 is 4.74 Å². The molecular formula is C11H15ClN3OSi. The number of ether oxygens (including phenoxy) is 1. The minimum absolute atomic E-state index is 0.214. The van der Waals surface area contributed by atoms with Gasteiger partial charge < -0.3 is 9.30 Å². The van der Waals surface area contributed by atoms with Crippen LogP contribution < -0.4 is 0 Å². The molecule has 4 nitrogen and oxygen atoms in total. The molecule has 0 N–H and O–H groups in total. The van der Waals surface area contributed by atoms with Gasteiger partial charge in [-0.05, 0) is 12.1 Å². The molecular weight excluding hydrogens is 254 g/mol. The van der Waals surface area contributed by atoms with Crippen molar-refractivity contribution in [2.24, 2.45) is 0 Å². The third kappa shape index (κ3) is 3.05. The molecule has 2 aromatic heterocycles. The van der Waals surface area contributed by atoms with E-state index in [1.165, 1.54) is 0 Å². The fraction of sp³-hybridized carbons (Fsp3) is 0.455. The molecule has 0 aliphatic rings. The van der Waals surface area contributed by atoms with Gasteiger partial charge in [-0.2, -0.15) is 0 Å². The summed E-state index contributed by atoms with van der Waals surface area (Å²) in [5.41, 5.74) is 1.69. The van der Waals surface area contributed by atoms with Crippen LogP contribution in [0.2, 0.25) is 24.3 Å². The minimum Gasteiger partial charge on any atom is -0.361 e. The van der Waals surface area contributed by atoms with Crippen molar-refractivity contribution >= 4 is 31.4 Å². The zero-order valence-electron chi connectivity index (χ0n) is 9.98. The topological polar surface area (TPSA) is 39.9 Å². The summed E-state index contributed by atoms with van der Waals surface area (Å²) in [6, 6.07) is 3.00. The summed E-state index contributed by atoms with van der Waals surface area (Å²) in [7, 11) is -0.214. The van der Waals surface area contributed by atoms with Gasteiger partial charge in [0.2, 0.25) is 0 Å². The van der Waals surface area contributed by atoms with Crippen molar-refractivity contribution in [1.29, 1.82) is 0 Å². The number of imidazole rings is 1. The Morgan fingerprint density at radius 2 is 2.24 bits per heavy atom. The molecule has 0 amide bonds. The van der Waals surface area contributed by atoms with E-state index in [2.05, 4.69) is 23.1 Å². The van der Waals surface area contributed by atoms with Gasteiger partial charge >= 0.3 is 0 Å². The van der Waals surface area contributed by atoms with E-state index in [0.29, 0.717) is 11.9 Å². The Hall–Kier alpha value is -0.913. The standard InChI is InChI=1S/C11H15ClN3OSi/c1-17(2)6-5-16-8-15-7-14-9-3-4-13-11(12)10(9)15/h3-4,7H,5-6,8H2,1-2H3. The second kappa shape index (κ2) is 5.62. The van der Waals surface area contributed by atoms with Crippen molar-refractivity contribution in [2.75, 3.05) is 6.61 Å². The lowest BCUT2D eigenvalue weighted by atomic mass is 10.4. The van der Waals surface area contributed by atoms with Gasteiger partial charge in [-0.15, -0.1) is 0 Å². The average Bonchev–Trinajstić information content (AvgIpc) is 2.69. The highest BCUT2D eigenvalue weighted by atomic mass is 35.5. The first-order valence-electron chi connectivity index (χ1n) is 5.50. The number of fused-ring (bicyclic) bond motifs is 1. The number of hydrogen-bond donors (Lipinski definition) is 0. The summed E-state index contributed by atoms with van der Waals surface area (Å²) in [6.07, 6.45) is 3.40. The highest BCUT2D eigenvalue weighted by molar-refractivity contribution is 6.55. The highest BCUT2D eigenvalue weighted by Crippen LogP contribution is 2.19. The predicted octanol–water partition coefficient (Wildman–Crippen LogP) is 2.81. The molecule has 0 bridgehead atoms. The maximum absolute atomic E-state index is 6.04. The van der Waals surface area contributed by atoms with E-state index in [4.69, 9.17) is 16.3 Å². The van der Waals surface area contributed by atoms with Crippen LogP contribution in [0, 0.1) is 0 Å². The third-order valence-electron chi connectivity index (χ3n) is 2.46. The van der Waals surface area contributed by atoms with Crippen LogP contribution in [0.5, 0.6) is 0 Å². The monoisotopic (exact) mass is 268 g/mol. The average molecular weight is 269 g/mol. The highest BCUT2D eigenvalue weighted by Gasteiger charge is 2.07. The second-order valence-electron chi connectivity index (χ2n) is 4.18. The summed E-state index contributed by atoms with van der Waals surface area (Å²) in [4.78, 5) is 8.31. The van der Waals surface area contributed by atoms with E-state index in [1.807, 2.05) is 10.6 Å². The van der Waals surface area contributed by atoms with Gasteiger partial charge in [-0.3, -0.25) is 0 Å². The van der Waals surface area contributed by atoms with Crippen molar-refractivity contribution in [3.8, 4) is 0 Å². The number of pyridine rings is 1. The van der Waals surface area contributed by atoms with Gasteiger partial charge in [0.05, 0.1) is 11.8 Å². The Kier molecular flexibility index (Phi) is 4.14. The molecule has 2 heterocycles. The zero-order valence-corrected chi connectivity index (χ0v) is 11.7. The van der Waals surface area contributed by atoms with Crippen molar-refractivity contribution in [3.05, 3.63) is 23.7 Å². The Balaban J connectivity index is 2.04. The minimum atomic E-state index is -0.214. The van der Waals surface area contributed by atoms with Crippen LogP contribution in [0.1, 0.15) is 0 Å². The number of halogens is 1. The predicted molar refractivity (Wildman–Crippen MR) is 70.8 cm³/mol. The molecule has 6 heteroatoms. The van der Waals surface area contributed by atoms with E-state index in [-0.39, 0.29) is 8.80 Å². The molecule has 0 aromatic carbocycles. The summed E-state index contributed by atoms with van der Waals surface area (Å²) < 4.78 is 7.51. The fourth-order valence-electron chi connectivity index (χ4n) is 1.52. The number of nitrogens with zero attached hydrogens (tertiary/aromatic N) is 3. The first kappa shape index (κ1) is 12.5. The lowest BCUT2D eigenvalue weighted by Gasteiger charge is -2.07. The molecule has 0 aliphatic carbocycles. The first-order valence-corrected chi connectivity index (χ1v) is 8.59. The summed E-state index contributed by atoms with van der Waals surface area (Å²) in [5, 5.41) is 0.472. The van der Waals surface area contributed by atoms with Gasteiger partial charge in [0.1, 0.15) is 12.2 Å². The van der Waals surface area contributed by atoms with Gasteiger partial charge in [0.25, 0.3) is 0 Å². The molecule has 0 unspecified atom stereocenters. The molecule has 1 radical (unpaired) electrons. The molecule has 0 atom stereocenters. The Morgan fingerprint density at radius 3 is 3.00 bits per heavy atom. The lowest BCUT2D eigenvalue weighted by Crippen LogP contribution is -2.08. The molecule has 0 saturated heterocycles. The maximum atomic E-state index is 6.04. The molecule has 2 aromatic rings. The lowest BCUT2D eigenvalue weighted by molar-refractivity contribution is 0.0902. The Labute approximate surface area is 107 Å². The van der Waals surface area contributed by atoms with Crippen molar-refractivity contribution in [1.82, 2.24) is 14.5 Å². The quantitative estimate of drug-likeness (QED) is 0.476. The number of aromatic nitrogens is 3. The largest absolute Gasteiger partial charge is 0.361 e. The molecule has 0 spiro atoms. The fourth-order valence-corrected chi connectivity index (χ4v) is 2.33. The normalized spacial score (nSPS) is 11.5. The summed E-state index contributed by atoms with van der Waals surface area (Å²) in [5.74, 6) is 0. The zero-order chi connectivity index (χ0) is 12.3. The van der Waals surface area contributed by atoms with Gasteiger partial charge in [-0.1, -0.05) is 24.7 Å². The summed E-state index contributed by atoms with van der Waals surface area (Å²) in [6.45, 7) is 5.83. The number of hydrogen-bond acceptors (Lipinski definition) is 3. The van der Waals surface area contributed by atoms with Crippen LogP contribution in [0.4, 0.5) is 0 Å². The first-order chi connectivity index (χ1) is 8.18. The molecule has 0 saturated carbocycles. The van der Waals surface area contributed by atoms with Crippen LogP contribution in [-0.4, -0.2) is 29.9 Å². The van der Waals surface area contributed by atoms with E-state index in [1.54, 1.807) is 12.5 Å². The smallest absolute Gasteiger partial charge is 0.154 e. The molecule has 0 fully saturated rings. The van der Waals surface area contributed by atoms with E-state index < -0.39 is 0 Å². The van der Waals surface area contributed by atoms with Crippen LogP contribution in [0.15, 0.2) is 18.6 Å². The molecule has 0 aliphatic heterocycles. The maximum Gasteiger partial charge on any atom is 0.154 e. The summed E-state index contributed by atoms with van der Waals surface area (Å²) >= 11 is 6.04. The number of rotatable bonds is 5. The Morgan fingerprint density at radius 1 is 1.41 bits per heavy atom. The third-order valence-corrected chi connectivity index (χ3v) is 3.94. The second-order valence-corrected chi connectivity index (χ2v) is 7.45. The van der Waals surface area contributed by atoms with Gasteiger partial charge in [0, 0.05) is 21.6 Å². The molecule has 91 valence electrons. The van der Waals surface area contributed by atoms with Crippen LogP contribution >= 0.6 is 11.6 Å². The van der Waals surface area contributed by atoms with Crippen molar-refractivity contribution in [3.63, 3.8) is 0 Å². The molecule has 2 rings (SSSR count). The van der Waals surface area contributed by atoms with Crippen LogP contribution in [-0.2, 0) is 11.5 Å². The van der Waals surface area contributed by atoms with Gasteiger partial charge in [-0.25, -0.2) is 9.97 Å². The van der Waals surface area contributed by atoms with Gasteiger partial charge in [0.15, 0.2) is 5.15 Å².